The third-order valence-corrected chi connectivity index (χ3v) is 3.47. The van der Waals surface area contributed by atoms with E-state index in [1.54, 1.807) is 12.1 Å². The molecule has 1 aromatic carbocycles. The van der Waals surface area contributed by atoms with Gasteiger partial charge in [-0.3, -0.25) is 9.59 Å². The Morgan fingerprint density at radius 2 is 1.86 bits per heavy atom. The summed E-state index contributed by atoms with van der Waals surface area (Å²) in [5.41, 5.74) is 0.941. The molecule has 0 heterocycles. The van der Waals surface area contributed by atoms with Crippen molar-refractivity contribution >= 4 is 11.8 Å². The van der Waals surface area contributed by atoms with Crippen LogP contribution < -0.4 is 5.32 Å². The molecule has 0 unspecified atom stereocenters. The van der Waals surface area contributed by atoms with Gasteiger partial charge in [-0.1, -0.05) is 31.9 Å². The largest absolute Gasteiger partial charge is 0.355 e. The van der Waals surface area contributed by atoms with E-state index in [-0.39, 0.29) is 24.2 Å². The third-order valence-electron chi connectivity index (χ3n) is 3.47. The van der Waals surface area contributed by atoms with Crippen molar-refractivity contribution in [1.29, 1.82) is 0 Å². The molecule has 22 heavy (non-hydrogen) atoms. The number of nitrogens with one attached hydrogen (secondary N) is 1. The van der Waals surface area contributed by atoms with E-state index in [9.17, 15) is 14.0 Å². The average molecular weight is 308 g/mol. The summed E-state index contributed by atoms with van der Waals surface area (Å²) in [7, 11) is 0. The lowest BCUT2D eigenvalue weighted by atomic mass is 10.1. The van der Waals surface area contributed by atoms with Gasteiger partial charge in [0.1, 0.15) is 5.82 Å². The molecule has 0 atom stereocenters. The zero-order chi connectivity index (χ0) is 16.4. The van der Waals surface area contributed by atoms with Crippen LogP contribution in [0.15, 0.2) is 24.3 Å². The van der Waals surface area contributed by atoms with E-state index in [0.717, 1.165) is 24.8 Å². The van der Waals surface area contributed by atoms with E-state index in [1.807, 2.05) is 0 Å². The predicted octanol–water partition coefficient (Wildman–Crippen LogP) is 2.52. The van der Waals surface area contributed by atoms with Crippen molar-refractivity contribution in [3.63, 3.8) is 0 Å². The normalized spacial score (nSPS) is 10.3. The van der Waals surface area contributed by atoms with Crippen LogP contribution in [0, 0.1) is 5.82 Å². The summed E-state index contributed by atoms with van der Waals surface area (Å²) in [6.45, 7) is 4.73. The molecule has 0 aliphatic heterocycles. The number of hydrogen-bond acceptors (Lipinski definition) is 2. The lowest BCUT2D eigenvalue weighted by Crippen LogP contribution is -2.41. The summed E-state index contributed by atoms with van der Waals surface area (Å²) in [6.07, 6.45) is 3.75. The van der Waals surface area contributed by atoms with Crippen LogP contribution in [-0.4, -0.2) is 36.3 Å². The standard InChI is InChI=1S/C17H25FN2O2/c1-3-4-5-11-19-17(22)13-20(14(2)21)12-10-15-6-8-16(18)9-7-15/h6-9H,3-5,10-13H2,1-2H3,(H,19,22). The number of unbranched alkanes of at least 4 members (excludes halogenated alkanes) is 2. The Morgan fingerprint density at radius 3 is 2.45 bits per heavy atom. The van der Waals surface area contributed by atoms with Crippen molar-refractivity contribution < 1.29 is 14.0 Å². The van der Waals surface area contributed by atoms with Gasteiger partial charge in [-0.15, -0.1) is 0 Å². The second-order valence-electron chi connectivity index (χ2n) is 5.37. The summed E-state index contributed by atoms with van der Waals surface area (Å²) in [5, 5.41) is 2.83. The highest BCUT2D eigenvalue weighted by molar-refractivity contribution is 5.83. The van der Waals surface area contributed by atoms with Gasteiger partial charge in [0.05, 0.1) is 6.54 Å². The number of nitrogens with zero attached hydrogens (tertiary/aromatic N) is 1. The van der Waals surface area contributed by atoms with Gasteiger partial charge in [0.2, 0.25) is 11.8 Å². The zero-order valence-corrected chi connectivity index (χ0v) is 13.4. The summed E-state index contributed by atoms with van der Waals surface area (Å²) >= 11 is 0. The molecular weight excluding hydrogens is 283 g/mol. The average Bonchev–Trinajstić information content (AvgIpc) is 2.49. The van der Waals surface area contributed by atoms with Crippen molar-refractivity contribution in [2.75, 3.05) is 19.6 Å². The second kappa shape index (κ2) is 9.92. The molecule has 0 bridgehead atoms. The topological polar surface area (TPSA) is 49.4 Å². The molecule has 0 spiro atoms. The minimum absolute atomic E-state index is 0.0721. The molecule has 0 saturated carbocycles. The van der Waals surface area contributed by atoms with Gasteiger partial charge >= 0.3 is 0 Å². The van der Waals surface area contributed by atoms with Crippen molar-refractivity contribution in [3.8, 4) is 0 Å². The molecule has 0 fully saturated rings. The predicted molar refractivity (Wildman–Crippen MR) is 84.9 cm³/mol. The van der Waals surface area contributed by atoms with Crippen LogP contribution in [0.3, 0.4) is 0 Å². The van der Waals surface area contributed by atoms with E-state index in [4.69, 9.17) is 0 Å². The van der Waals surface area contributed by atoms with Crippen LogP contribution in [0.2, 0.25) is 0 Å². The molecule has 5 heteroatoms. The fraction of sp³-hybridized carbons (Fsp3) is 0.529. The van der Waals surface area contributed by atoms with E-state index in [2.05, 4.69) is 12.2 Å². The highest BCUT2D eigenvalue weighted by Crippen LogP contribution is 2.05. The Morgan fingerprint density at radius 1 is 1.18 bits per heavy atom. The number of halogens is 1. The quantitative estimate of drug-likeness (QED) is 0.713. The van der Waals surface area contributed by atoms with E-state index in [1.165, 1.54) is 24.0 Å². The van der Waals surface area contributed by atoms with Gasteiger partial charge in [-0.25, -0.2) is 4.39 Å². The maximum absolute atomic E-state index is 12.8. The first-order valence-electron chi connectivity index (χ1n) is 7.79. The number of benzene rings is 1. The maximum Gasteiger partial charge on any atom is 0.239 e. The monoisotopic (exact) mass is 308 g/mol. The fourth-order valence-electron chi connectivity index (χ4n) is 2.10. The third kappa shape index (κ3) is 7.20. The summed E-state index contributed by atoms with van der Waals surface area (Å²) < 4.78 is 12.8. The van der Waals surface area contributed by atoms with E-state index in [0.29, 0.717) is 19.5 Å². The van der Waals surface area contributed by atoms with Crippen LogP contribution in [0.1, 0.15) is 38.7 Å². The minimum atomic E-state index is -0.279. The van der Waals surface area contributed by atoms with Gasteiger partial charge in [-0.2, -0.15) is 0 Å². The molecule has 0 aromatic heterocycles. The number of amides is 2. The van der Waals surface area contributed by atoms with Gasteiger partial charge in [0.15, 0.2) is 0 Å². The first-order valence-corrected chi connectivity index (χ1v) is 7.79. The second-order valence-corrected chi connectivity index (χ2v) is 5.37. The zero-order valence-electron chi connectivity index (χ0n) is 13.4. The molecule has 0 aliphatic rings. The highest BCUT2D eigenvalue weighted by Gasteiger charge is 2.13. The first kappa shape index (κ1) is 18.1. The molecule has 2 amide bonds. The Hall–Kier alpha value is -1.91. The molecule has 0 aliphatic carbocycles. The Labute approximate surface area is 131 Å². The molecule has 0 saturated heterocycles. The summed E-state index contributed by atoms with van der Waals surface area (Å²) in [4.78, 5) is 25.0. The van der Waals surface area contributed by atoms with Crippen LogP contribution in [0.25, 0.3) is 0 Å². The lowest BCUT2D eigenvalue weighted by molar-refractivity contribution is -0.134. The first-order chi connectivity index (χ1) is 10.5. The van der Waals surface area contributed by atoms with Gasteiger partial charge < -0.3 is 10.2 Å². The number of carbonyl (C=O) groups is 2. The molecular formula is C17H25FN2O2. The van der Waals surface area contributed by atoms with Gasteiger partial charge in [0, 0.05) is 20.0 Å². The molecule has 122 valence electrons. The van der Waals surface area contributed by atoms with E-state index < -0.39 is 0 Å². The Balaban J connectivity index is 2.39. The SMILES string of the molecule is CCCCCNC(=O)CN(CCc1ccc(F)cc1)C(C)=O. The summed E-state index contributed by atoms with van der Waals surface area (Å²) in [6, 6.07) is 6.18. The molecule has 4 nitrogen and oxygen atoms in total. The maximum atomic E-state index is 12.8. The Kier molecular flexibility index (Phi) is 8.18. The summed E-state index contributed by atoms with van der Waals surface area (Å²) in [5.74, 6) is -0.546. The molecule has 1 aromatic rings. The van der Waals surface area contributed by atoms with Gasteiger partial charge in [-0.05, 0) is 30.5 Å². The Bertz CT molecular complexity index is 474. The molecule has 1 N–H and O–H groups in total. The number of rotatable bonds is 9. The van der Waals surface area contributed by atoms with Crippen molar-refractivity contribution in [1.82, 2.24) is 10.2 Å². The smallest absolute Gasteiger partial charge is 0.239 e. The minimum Gasteiger partial charge on any atom is -0.355 e. The van der Waals surface area contributed by atoms with Crippen LogP contribution in [0.4, 0.5) is 4.39 Å². The highest BCUT2D eigenvalue weighted by atomic mass is 19.1. The van der Waals surface area contributed by atoms with Crippen LogP contribution >= 0.6 is 0 Å². The number of carbonyl (C=O) groups excluding carboxylic acids is 2. The van der Waals surface area contributed by atoms with E-state index >= 15 is 0 Å². The van der Waals surface area contributed by atoms with Crippen molar-refractivity contribution in [3.05, 3.63) is 35.6 Å². The number of hydrogen-bond donors (Lipinski definition) is 1. The van der Waals surface area contributed by atoms with Gasteiger partial charge in [0.25, 0.3) is 0 Å². The molecule has 1 rings (SSSR count). The fourth-order valence-corrected chi connectivity index (χ4v) is 2.10. The van der Waals surface area contributed by atoms with Crippen LogP contribution in [0.5, 0.6) is 0 Å². The lowest BCUT2D eigenvalue weighted by Gasteiger charge is -2.20. The van der Waals surface area contributed by atoms with Crippen molar-refractivity contribution in [2.45, 2.75) is 39.5 Å². The molecule has 0 radical (unpaired) electrons. The van der Waals surface area contributed by atoms with Crippen LogP contribution in [-0.2, 0) is 16.0 Å². The van der Waals surface area contributed by atoms with Crippen molar-refractivity contribution in [2.24, 2.45) is 0 Å².